The first-order valence-electron chi connectivity index (χ1n) is 19.6. The van der Waals surface area contributed by atoms with E-state index < -0.39 is 12.0 Å². The van der Waals surface area contributed by atoms with Crippen molar-refractivity contribution in [3.05, 3.63) is 97.2 Å². The van der Waals surface area contributed by atoms with E-state index in [1.807, 2.05) is 12.2 Å². The molecule has 0 rings (SSSR count). The lowest BCUT2D eigenvalue weighted by atomic mass is 10.1. The first kappa shape index (κ1) is 47.3. The van der Waals surface area contributed by atoms with Gasteiger partial charge < -0.3 is 20.9 Å². The highest BCUT2D eigenvalue weighted by Gasteiger charge is 2.18. The molecule has 7 heteroatoms. The van der Waals surface area contributed by atoms with Crippen LogP contribution in [0.5, 0.6) is 0 Å². The standard InChI is InChI=1S/C44H70N2O5/c1-3-5-7-9-11-12-13-14-15-16-17-18-19-20-21-22-24-26-32-38-43(48)51-40(34-29-25-23-10-8-6-4-2)35-30-27-28-31-37-42(47)46-41(44(49)50)36-33-39-45/h5,7,10-12,14-15,17-18,20-21,23-24,26,29,34,40-41H,3-4,6,8-9,13,16,19,22,25,27-28,30-33,35-39,45H2,1-2H3,(H,46,47)(H,49,50)/b7-5-,12-11-,15-14-,18-17-,21-20-,23-10-,26-24-,34-29-. The zero-order chi connectivity index (χ0) is 37.5. The minimum Gasteiger partial charge on any atom is -0.480 e. The Morgan fingerprint density at radius 1 is 0.608 bits per heavy atom. The Hall–Kier alpha value is -3.71. The zero-order valence-corrected chi connectivity index (χ0v) is 31.9. The summed E-state index contributed by atoms with van der Waals surface area (Å²) in [6.45, 7) is 4.72. The van der Waals surface area contributed by atoms with E-state index in [0.717, 1.165) is 77.0 Å². The summed E-state index contributed by atoms with van der Waals surface area (Å²) in [7, 11) is 0. The Bertz CT molecular complexity index is 1110. The van der Waals surface area contributed by atoms with Crippen molar-refractivity contribution in [2.75, 3.05) is 6.54 Å². The number of carbonyl (C=O) groups excluding carboxylic acids is 2. The maximum atomic E-state index is 12.6. The molecule has 1 amide bonds. The third-order valence-electron chi connectivity index (χ3n) is 7.88. The Balaban J connectivity index is 4.43. The summed E-state index contributed by atoms with van der Waals surface area (Å²) in [4.78, 5) is 36.2. The SMILES string of the molecule is CC/C=C\C/C=C\C/C=C\C/C=C\C/C=C\C/C=C\CCC(=O)OC(/C=C\C/C=C\CCCC)CCCCCCC(=O)NC(CCCN)C(=O)O. The summed E-state index contributed by atoms with van der Waals surface area (Å²) in [6, 6.07) is -0.885. The van der Waals surface area contributed by atoms with Crippen molar-refractivity contribution in [1.82, 2.24) is 5.32 Å². The summed E-state index contributed by atoms with van der Waals surface area (Å²) in [5.41, 5.74) is 5.47. The number of carboxylic acid groups (broad SMARTS) is 1. The lowest BCUT2D eigenvalue weighted by molar-refractivity contribution is -0.147. The Morgan fingerprint density at radius 3 is 1.69 bits per heavy atom. The van der Waals surface area contributed by atoms with Gasteiger partial charge in [-0.05, 0) is 103 Å². The van der Waals surface area contributed by atoms with Gasteiger partial charge in [-0.25, -0.2) is 4.79 Å². The molecule has 0 aliphatic rings. The van der Waals surface area contributed by atoms with Gasteiger partial charge >= 0.3 is 11.9 Å². The number of hydrogen-bond acceptors (Lipinski definition) is 5. The monoisotopic (exact) mass is 707 g/mol. The number of rotatable bonds is 33. The summed E-state index contributed by atoms with van der Waals surface area (Å²) >= 11 is 0. The van der Waals surface area contributed by atoms with Gasteiger partial charge in [0.2, 0.25) is 5.91 Å². The van der Waals surface area contributed by atoms with Gasteiger partial charge in [-0.1, -0.05) is 131 Å². The van der Waals surface area contributed by atoms with Crippen molar-refractivity contribution in [2.24, 2.45) is 5.73 Å². The van der Waals surface area contributed by atoms with Crippen molar-refractivity contribution in [1.29, 1.82) is 0 Å². The van der Waals surface area contributed by atoms with Crippen LogP contribution in [0.25, 0.3) is 0 Å². The molecule has 0 aromatic carbocycles. The van der Waals surface area contributed by atoms with Gasteiger partial charge in [-0.15, -0.1) is 0 Å². The van der Waals surface area contributed by atoms with Gasteiger partial charge in [0.15, 0.2) is 0 Å². The average molecular weight is 707 g/mol. The number of nitrogens with one attached hydrogen (secondary N) is 1. The van der Waals surface area contributed by atoms with Crippen LogP contribution in [-0.4, -0.2) is 41.6 Å². The number of amides is 1. The van der Waals surface area contributed by atoms with Gasteiger partial charge in [0, 0.05) is 12.8 Å². The van der Waals surface area contributed by atoms with Gasteiger partial charge in [0.25, 0.3) is 0 Å². The molecular formula is C44H70N2O5. The molecule has 2 atom stereocenters. The highest BCUT2D eigenvalue weighted by atomic mass is 16.5. The van der Waals surface area contributed by atoms with Crippen LogP contribution in [0.4, 0.5) is 0 Å². The molecule has 0 spiro atoms. The van der Waals surface area contributed by atoms with E-state index in [9.17, 15) is 19.5 Å². The molecule has 0 aromatic rings. The number of aliphatic carboxylic acids is 1. The van der Waals surface area contributed by atoms with E-state index in [-0.39, 0.29) is 18.0 Å². The molecule has 0 radical (unpaired) electrons. The highest BCUT2D eigenvalue weighted by molar-refractivity contribution is 5.83. The van der Waals surface area contributed by atoms with E-state index in [0.29, 0.717) is 45.1 Å². The summed E-state index contributed by atoms with van der Waals surface area (Å²) in [6.07, 6.45) is 50.5. The summed E-state index contributed by atoms with van der Waals surface area (Å²) < 4.78 is 5.83. The van der Waals surface area contributed by atoms with Crippen LogP contribution < -0.4 is 11.1 Å². The molecule has 2 unspecified atom stereocenters. The third kappa shape index (κ3) is 34.5. The maximum Gasteiger partial charge on any atom is 0.326 e. The first-order valence-corrected chi connectivity index (χ1v) is 19.6. The van der Waals surface area contributed by atoms with Crippen LogP contribution >= 0.6 is 0 Å². The number of carbonyl (C=O) groups is 3. The van der Waals surface area contributed by atoms with Crippen molar-refractivity contribution >= 4 is 17.8 Å². The van der Waals surface area contributed by atoms with E-state index >= 15 is 0 Å². The van der Waals surface area contributed by atoms with Crippen molar-refractivity contribution in [2.45, 2.75) is 154 Å². The van der Waals surface area contributed by atoms with Crippen LogP contribution in [0.1, 0.15) is 142 Å². The molecule has 51 heavy (non-hydrogen) atoms. The minimum atomic E-state index is -1.03. The van der Waals surface area contributed by atoms with Gasteiger partial charge in [-0.3, -0.25) is 9.59 Å². The van der Waals surface area contributed by atoms with E-state index in [1.54, 1.807) is 0 Å². The lowest BCUT2D eigenvalue weighted by Crippen LogP contribution is -2.40. The molecule has 0 bridgehead atoms. The average Bonchev–Trinajstić information content (AvgIpc) is 3.11. The lowest BCUT2D eigenvalue weighted by Gasteiger charge is -2.15. The van der Waals surface area contributed by atoms with E-state index in [4.69, 9.17) is 10.5 Å². The van der Waals surface area contributed by atoms with E-state index in [2.05, 4.69) is 104 Å². The van der Waals surface area contributed by atoms with Crippen LogP contribution in [0.15, 0.2) is 97.2 Å². The normalized spacial score (nSPS) is 13.8. The Labute approximate surface area is 310 Å². The first-order chi connectivity index (χ1) is 24.9. The van der Waals surface area contributed by atoms with Gasteiger partial charge in [-0.2, -0.15) is 0 Å². The van der Waals surface area contributed by atoms with Crippen molar-refractivity contribution in [3.63, 3.8) is 0 Å². The summed E-state index contributed by atoms with van der Waals surface area (Å²) in [5.74, 6) is -1.46. The predicted molar refractivity (Wildman–Crippen MR) is 215 cm³/mol. The second-order valence-electron chi connectivity index (χ2n) is 12.6. The Kier molecular flexibility index (Phi) is 34.8. The highest BCUT2D eigenvalue weighted by Crippen LogP contribution is 2.13. The van der Waals surface area contributed by atoms with Crippen molar-refractivity contribution in [3.8, 4) is 0 Å². The number of unbranched alkanes of at least 4 members (excludes halogenated alkanes) is 5. The molecule has 7 nitrogen and oxygen atoms in total. The number of esters is 1. The molecule has 0 saturated carbocycles. The minimum absolute atomic E-state index is 0.193. The maximum absolute atomic E-state index is 12.6. The van der Waals surface area contributed by atoms with Crippen LogP contribution in [0, 0.1) is 0 Å². The third-order valence-corrected chi connectivity index (χ3v) is 7.88. The topological polar surface area (TPSA) is 119 Å². The quantitative estimate of drug-likeness (QED) is 0.0355. The molecule has 0 fully saturated rings. The molecule has 0 aliphatic heterocycles. The molecule has 0 saturated heterocycles. The fourth-order valence-electron chi connectivity index (χ4n) is 4.94. The number of carboxylic acids is 1. The smallest absolute Gasteiger partial charge is 0.326 e. The molecular weight excluding hydrogens is 636 g/mol. The van der Waals surface area contributed by atoms with Gasteiger partial charge in [0.05, 0.1) is 0 Å². The van der Waals surface area contributed by atoms with Crippen LogP contribution in [0.2, 0.25) is 0 Å². The number of ether oxygens (including phenoxy) is 1. The van der Waals surface area contributed by atoms with Crippen LogP contribution in [-0.2, 0) is 19.1 Å². The summed E-state index contributed by atoms with van der Waals surface area (Å²) in [5, 5.41) is 11.9. The second-order valence-corrected chi connectivity index (χ2v) is 12.6. The van der Waals surface area contributed by atoms with Crippen LogP contribution in [0.3, 0.4) is 0 Å². The fraction of sp³-hybridized carbons (Fsp3) is 0.568. The predicted octanol–water partition coefficient (Wildman–Crippen LogP) is 10.7. The molecule has 0 aliphatic carbocycles. The van der Waals surface area contributed by atoms with Crippen molar-refractivity contribution < 1.29 is 24.2 Å². The molecule has 286 valence electrons. The molecule has 0 heterocycles. The fourth-order valence-corrected chi connectivity index (χ4v) is 4.94. The molecule has 0 aromatic heterocycles. The number of nitrogens with two attached hydrogens (primary N) is 1. The largest absolute Gasteiger partial charge is 0.480 e. The number of hydrogen-bond donors (Lipinski definition) is 3. The Morgan fingerprint density at radius 2 is 1.14 bits per heavy atom. The number of allylic oxidation sites excluding steroid dienone is 15. The second kappa shape index (κ2) is 37.5. The zero-order valence-electron chi connectivity index (χ0n) is 31.9. The molecule has 4 N–H and O–H groups in total. The van der Waals surface area contributed by atoms with Gasteiger partial charge in [0.1, 0.15) is 12.1 Å². The van der Waals surface area contributed by atoms with E-state index in [1.165, 1.54) is 12.8 Å².